The lowest BCUT2D eigenvalue weighted by molar-refractivity contribution is -0.870. The third-order valence-corrected chi connectivity index (χ3v) is 7.83. The minimum absolute atomic E-state index is 0.332. The number of nitrogens with zero attached hydrogens (tertiary/aromatic N) is 1. The van der Waals surface area contributed by atoms with Gasteiger partial charge in [0.15, 0.2) is 0 Å². The average Bonchev–Trinajstić information content (AvgIpc) is 2.90. The predicted octanol–water partition coefficient (Wildman–Crippen LogP) is 12.3. The van der Waals surface area contributed by atoms with Gasteiger partial charge in [-0.3, -0.25) is 4.79 Å². The van der Waals surface area contributed by atoms with Gasteiger partial charge in [-0.25, -0.2) is 0 Å². The fraction of sp³-hybridized carbons (Fsp3) is 0.919. The Labute approximate surface area is 253 Å². The molecule has 0 aromatic carbocycles. The van der Waals surface area contributed by atoms with Crippen molar-refractivity contribution in [2.75, 3.05) is 27.7 Å². The minimum Gasteiger partial charge on any atom is -0.481 e. The molecule has 1 N–H and O–H groups in total. The van der Waals surface area contributed by atoms with Crippen LogP contribution in [0.5, 0.6) is 0 Å². The molecule has 0 unspecified atom stereocenters. The highest BCUT2D eigenvalue weighted by Crippen LogP contribution is 2.13. The Hall–Kier alpha value is -0.830. The molecule has 0 spiro atoms. The van der Waals surface area contributed by atoms with Gasteiger partial charge < -0.3 is 9.59 Å². The van der Waals surface area contributed by atoms with Gasteiger partial charge in [-0.05, 0) is 44.9 Å². The minimum atomic E-state index is -0.664. The molecular formula is C37H76NO2+. The van der Waals surface area contributed by atoms with E-state index >= 15 is 0 Å². The zero-order valence-electron chi connectivity index (χ0n) is 28.5. The van der Waals surface area contributed by atoms with Crippen molar-refractivity contribution >= 4 is 5.97 Å². The Morgan fingerprint density at radius 2 is 0.775 bits per heavy atom. The van der Waals surface area contributed by atoms with E-state index in [0.717, 1.165) is 17.3 Å². The highest BCUT2D eigenvalue weighted by atomic mass is 16.4. The lowest BCUT2D eigenvalue weighted by Crippen LogP contribution is -2.35. The van der Waals surface area contributed by atoms with E-state index in [-0.39, 0.29) is 0 Å². The average molecular weight is 567 g/mol. The number of rotatable bonds is 30. The molecule has 3 heteroatoms. The highest BCUT2D eigenvalue weighted by Gasteiger charge is 2.05. The summed E-state index contributed by atoms with van der Waals surface area (Å²) < 4.78 is 1.12. The highest BCUT2D eigenvalue weighted by molar-refractivity contribution is 5.66. The van der Waals surface area contributed by atoms with Crippen molar-refractivity contribution in [2.24, 2.45) is 0 Å². The molecule has 240 valence electrons. The maximum atomic E-state index is 10.3. The van der Waals surface area contributed by atoms with Crippen LogP contribution in [0.1, 0.15) is 194 Å². The summed E-state index contributed by atoms with van der Waals surface area (Å²) in [6.07, 6.45) is 41.6. The van der Waals surface area contributed by atoms with Crippen LogP contribution in [0.2, 0.25) is 0 Å². The monoisotopic (exact) mass is 567 g/mol. The van der Waals surface area contributed by atoms with Gasteiger partial charge in [0.05, 0.1) is 27.7 Å². The van der Waals surface area contributed by atoms with Crippen LogP contribution in [0, 0.1) is 0 Å². The quantitative estimate of drug-likeness (QED) is 0.0533. The third-order valence-electron chi connectivity index (χ3n) is 7.83. The first-order chi connectivity index (χ1) is 19.3. The van der Waals surface area contributed by atoms with Crippen LogP contribution < -0.4 is 0 Å². The van der Waals surface area contributed by atoms with Crippen LogP contribution in [0.3, 0.4) is 0 Å². The summed E-state index contributed by atoms with van der Waals surface area (Å²) in [5.41, 5.74) is 0. The molecule has 0 saturated carbocycles. The Morgan fingerprint density at radius 1 is 0.475 bits per heavy atom. The lowest BCUT2D eigenvalue weighted by Gasteiger charge is -2.23. The van der Waals surface area contributed by atoms with Gasteiger partial charge in [0.1, 0.15) is 0 Å². The number of hydrogen-bond acceptors (Lipinski definition) is 1. The molecule has 0 radical (unpaired) electrons. The van der Waals surface area contributed by atoms with E-state index in [0.29, 0.717) is 6.42 Å². The van der Waals surface area contributed by atoms with Crippen molar-refractivity contribution in [1.29, 1.82) is 0 Å². The lowest BCUT2D eigenvalue weighted by atomic mass is 10.0. The van der Waals surface area contributed by atoms with Crippen molar-refractivity contribution in [3.8, 4) is 0 Å². The fourth-order valence-corrected chi connectivity index (χ4v) is 5.13. The first kappa shape index (κ1) is 41.3. The summed E-state index contributed by atoms with van der Waals surface area (Å²) in [7, 11) is 6.88. The number of aliphatic carboxylic acids is 1. The zero-order valence-corrected chi connectivity index (χ0v) is 28.5. The van der Waals surface area contributed by atoms with Crippen molar-refractivity contribution < 1.29 is 14.4 Å². The summed E-state index contributed by atoms with van der Waals surface area (Å²) in [6, 6.07) is 0. The van der Waals surface area contributed by atoms with Gasteiger partial charge in [-0.1, -0.05) is 154 Å². The molecule has 0 atom stereocenters. The normalized spacial score (nSPS) is 11.6. The molecule has 0 aromatic rings. The largest absolute Gasteiger partial charge is 0.481 e. The van der Waals surface area contributed by atoms with Crippen LogP contribution in [-0.2, 0) is 4.79 Å². The number of carboxylic acids is 1. The van der Waals surface area contributed by atoms with E-state index in [1.807, 2.05) is 0 Å². The van der Waals surface area contributed by atoms with Crippen LogP contribution in [-0.4, -0.2) is 43.2 Å². The van der Waals surface area contributed by atoms with E-state index in [9.17, 15) is 4.79 Å². The standard InChI is InChI=1S/C19H42N.C18H34O2/c1-5-6-7-8-9-10-11-12-13-14-15-16-17-18-19-20(2,3)4;1-2-3-4-5-6-7-8-9-10-11-12-13-14-15-16-17-18(19)20/h5-19H2,1-4H3;9-10H,2-8,11-17H2,1H3,(H,19,20)/q+1;/b;10-9-. The second-order valence-electron chi connectivity index (χ2n) is 13.3. The maximum Gasteiger partial charge on any atom is 0.303 e. The summed E-state index contributed by atoms with van der Waals surface area (Å²) in [5.74, 6) is -0.664. The molecule has 0 heterocycles. The van der Waals surface area contributed by atoms with Gasteiger partial charge in [-0.2, -0.15) is 0 Å². The summed E-state index contributed by atoms with van der Waals surface area (Å²) >= 11 is 0. The molecule has 0 aliphatic rings. The number of carboxylic acid groups (broad SMARTS) is 1. The first-order valence-corrected chi connectivity index (χ1v) is 18.0. The molecule has 0 bridgehead atoms. The van der Waals surface area contributed by atoms with E-state index in [4.69, 9.17) is 5.11 Å². The summed E-state index contributed by atoms with van der Waals surface area (Å²) in [5, 5.41) is 8.51. The Balaban J connectivity index is 0. The van der Waals surface area contributed by atoms with Crippen LogP contribution >= 0.6 is 0 Å². The summed E-state index contributed by atoms with van der Waals surface area (Å²) in [6.45, 7) is 5.88. The molecular weight excluding hydrogens is 490 g/mol. The Bertz CT molecular complexity index is 509. The summed E-state index contributed by atoms with van der Waals surface area (Å²) in [4.78, 5) is 10.3. The van der Waals surface area contributed by atoms with E-state index in [1.165, 1.54) is 167 Å². The second-order valence-corrected chi connectivity index (χ2v) is 13.3. The van der Waals surface area contributed by atoms with E-state index < -0.39 is 5.97 Å². The molecule has 40 heavy (non-hydrogen) atoms. The molecule has 0 saturated heterocycles. The van der Waals surface area contributed by atoms with Gasteiger partial charge in [0, 0.05) is 6.42 Å². The maximum absolute atomic E-state index is 10.3. The Morgan fingerprint density at radius 3 is 1.10 bits per heavy atom. The smallest absolute Gasteiger partial charge is 0.303 e. The van der Waals surface area contributed by atoms with Gasteiger partial charge >= 0.3 is 5.97 Å². The van der Waals surface area contributed by atoms with Crippen molar-refractivity contribution in [2.45, 2.75) is 194 Å². The van der Waals surface area contributed by atoms with Gasteiger partial charge in [0.25, 0.3) is 0 Å². The zero-order chi connectivity index (χ0) is 30.0. The number of quaternary nitrogens is 1. The molecule has 0 aliphatic heterocycles. The van der Waals surface area contributed by atoms with Crippen LogP contribution in [0.4, 0.5) is 0 Å². The van der Waals surface area contributed by atoms with E-state index in [1.54, 1.807) is 0 Å². The Kier molecular flexibility index (Phi) is 35.5. The second kappa shape index (κ2) is 34.4. The fourth-order valence-electron chi connectivity index (χ4n) is 5.13. The number of carbonyl (C=O) groups is 1. The van der Waals surface area contributed by atoms with Crippen molar-refractivity contribution in [1.82, 2.24) is 0 Å². The molecule has 0 fully saturated rings. The van der Waals surface area contributed by atoms with Gasteiger partial charge in [-0.15, -0.1) is 0 Å². The first-order valence-electron chi connectivity index (χ1n) is 18.0. The molecule has 3 nitrogen and oxygen atoms in total. The number of unbranched alkanes of at least 4 members (excludes halogenated alkanes) is 24. The third kappa shape index (κ3) is 44.2. The molecule has 0 rings (SSSR count). The SMILES string of the molecule is CCCCCCCC/C=C\CCCCCCCC(=O)O.CCCCCCCCCCCCCCCC[N+](C)(C)C. The van der Waals surface area contributed by atoms with E-state index in [2.05, 4.69) is 47.1 Å². The van der Waals surface area contributed by atoms with Gasteiger partial charge in [0.2, 0.25) is 0 Å². The van der Waals surface area contributed by atoms with Crippen molar-refractivity contribution in [3.63, 3.8) is 0 Å². The van der Waals surface area contributed by atoms with Crippen LogP contribution in [0.15, 0.2) is 12.2 Å². The molecule has 0 amide bonds. The van der Waals surface area contributed by atoms with Crippen molar-refractivity contribution in [3.05, 3.63) is 12.2 Å². The number of allylic oxidation sites excluding steroid dienone is 2. The molecule has 0 aliphatic carbocycles. The predicted molar refractivity (Wildman–Crippen MR) is 180 cm³/mol. The number of hydrogen-bond donors (Lipinski definition) is 1. The topological polar surface area (TPSA) is 37.3 Å². The van der Waals surface area contributed by atoms with Crippen LogP contribution in [0.25, 0.3) is 0 Å². The molecule has 0 aromatic heterocycles.